The lowest BCUT2D eigenvalue weighted by atomic mass is 9.94. The second-order valence-electron chi connectivity index (χ2n) is 8.11. The summed E-state index contributed by atoms with van der Waals surface area (Å²) in [4.78, 5) is 29.6. The Morgan fingerprint density at radius 1 is 1.06 bits per heavy atom. The van der Waals surface area contributed by atoms with Crippen LogP contribution in [0.2, 0.25) is 0 Å². The molecule has 170 valence electrons. The first kappa shape index (κ1) is 23.3. The fourth-order valence-electron chi connectivity index (χ4n) is 3.98. The van der Waals surface area contributed by atoms with Gasteiger partial charge < -0.3 is 24.4 Å². The number of ketones is 1. The van der Waals surface area contributed by atoms with E-state index in [-0.39, 0.29) is 11.3 Å². The number of rotatable bonds is 8. The van der Waals surface area contributed by atoms with Crippen molar-refractivity contribution in [3.63, 3.8) is 0 Å². The highest BCUT2D eigenvalue weighted by molar-refractivity contribution is 6.46. The highest BCUT2D eigenvalue weighted by atomic mass is 16.5. The van der Waals surface area contributed by atoms with Gasteiger partial charge in [0.25, 0.3) is 11.7 Å². The normalized spacial score (nSPS) is 17.8. The number of aliphatic hydroxyl groups excluding tert-OH is 1. The Balaban J connectivity index is 2.10. The van der Waals surface area contributed by atoms with Gasteiger partial charge in [0.2, 0.25) is 0 Å². The second kappa shape index (κ2) is 9.87. The Morgan fingerprint density at radius 2 is 1.75 bits per heavy atom. The summed E-state index contributed by atoms with van der Waals surface area (Å²) in [6.07, 6.45) is 0.703. The maximum absolute atomic E-state index is 13.1. The summed E-state index contributed by atoms with van der Waals surface area (Å²) in [5.74, 6) is -0.121. The number of nitrogens with zero attached hydrogens (tertiary/aromatic N) is 2. The van der Waals surface area contributed by atoms with E-state index in [1.54, 1.807) is 49.5 Å². The van der Waals surface area contributed by atoms with Crippen LogP contribution in [0.1, 0.15) is 29.2 Å². The van der Waals surface area contributed by atoms with E-state index in [0.717, 1.165) is 17.7 Å². The van der Waals surface area contributed by atoms with Crippen molar-refractivity contribution in [2.24, 2.45) is 0 Å². The van der Waals surface area contributed by atoms with Crippen molar-refractivity contribution in [2.45, 2.75) is 19.4 Å². The number of aliphatic hydroxyl groups is 1. The smallest absolute Gasteiger partial charge is 0.295 e. The van der Waals surface area contributed by atoms with Gasteiger partial charge in [-0.3, -0.25) is 9.59 Å². The molecule has 0 spiro atoms. The molecule has 0 unspecified atom stereocenters. The zero-order valence-corrected chi connectivity index (χ0v) is 19.2. The van der Waals surface area contributed by atoms with Crippen molar-refractivity contribution < 1.29 is 24.2 Å². The van der Waals surface area contributed by atoms with E-state index in [1.807, 2.05) is 38.1 Å². The highest BCUT2D eigenvalue weighted by Gasteiger charge is 2.45. The third kappa shape index (κ3) is 4.62. The van der Waals surface area contributed by atoms with Crippen molar-refractivity contribution in [3.05, 3.63) is 64.7 Å². The molecule has 1 aliphatic heterocycles. The minimum atomic E-state index is -0.679. The Bertz CT molecular complexity index is 1030. The predicted octanol–water partition coefficient (Wildman–Crippen LogP) is 3.39. The molecule has 0 saturated carbocycles. The van der Waals surface area contributed by atoms with Gasteiger partial charge in [0, 0.05) is 12.1 Å². The molecule has 7 nitrogen and oxygen atoms in total. The average Bonchev–Trinajstić information content (AvgIpc) is 3.03. The molecule has 2 aromatic carbocycles. The number of amides is 1. The van der Waals surface area contributed by atoms with E-state index in [0.29, 0.717) is 30.0 Å². The van der Waals surface area contributed by atoms with Crippen LogP contribution in [0, 0.1) is 6.92 Å². The van der Waals surface area contributed by atoms with Crippen LogP contribution in [0.4, 0.5) is 0 Å². The molecule has 7 heteroatoms. The lowest BCUT2D eigenvalue weighted by Gasteiger charge is -2.26. The third-order valence-electron chi connectivity index (χ3n) is 5.64. The highest BCUT2D eigenvalue weighted by Crippen LogP contribution is 2.40. The summed E-state index contributed by atoms with van der Waals surface area (Å²) in [7, 11) is 7.07. The number of hydrogen-bond acceptors (Lipinski definition) is 6. The maximum Gasteiger partial charge on any atom is 0.295 e. The summed E-state index contributed by atoms with van der Waals surface area (Å²) in [5, 5.41) is 11.2. The van der Waals surface area contributed by atoms with Crippen LogP contribution in [0.15, 0.2) is 48.0 Å². The largest absolute Gasteiger partial charge is 0.507 e. The fourth-order valence-corrected chi connectivity index (χ4v) is 3.98. The van der Waals surface area contributed by atoms with E-state index in [2.05, 4.69) is 0 Å². The van der Waals surface area contributed by atoms with E-state index in [1.165, 1.54) is 0 Å². The van der Waals surface area contributed by atoms with E-state index in [4.69, 9.17) is 9.47 Å². The number of carbonyl (C=O) groups is 2. The van der Waals surface area contributed by atoms with Crippen molar-refractivity contribution in [1.29, 1.82) is 0 Å². The maximum atomic E-state index is 13.1. The summed E-state index contributed by atoms with van der Waals surface area (Å²) in [6.45, 7) is 3.03. The monoisotopic (exact) mass is 438 g/mol. The van der Waals surface area contributed by atoms with Gasteiger partial charge in [-0.15, -0.1) is 0 Å². The summed E-state index contributed by atoms with van der Waals surface area (Å²) < 4.78 is 10.5. The van der Waals surface area contributed by atoms with Crippen molar-refractivity contribution in [2.75, 3.05) is 41.4 Å². The lowest BCUT2D eigenvalue weighted by Crippen LogP contribution is -2.32. The first-order valence-electron chi connectivity index (χ1n) is 10.5. The van der Waals surface area contributed by atoms with Crippen molar-refractivity contribution in [3.8, 4) is 11.5 Å². The molecule has 0 aromatic heterocycles. The van der Waals surface area contributed by atoms with Gasteiger partial charge in [-0.05, 0) is 75.4 Å². The van der Waals surface area contributed by atoms with Crippen LogP contribution in [0.3, 0.4) is 0 Å². The molecular weight excluding hydrogens is 408 g/mol. The topological polar surface area (TPSA) is 79.3 Å². The lowest BCUT2D eigenvalue weighted by molar-refractivity contribution is -0.139. The molecule has 1 heterocycles. The molecule has 3 rings (SSSR count). The van der Waals surface area contributed by atoms with Crippen LogP contribution < -0.4 is 9.47 Å². The Kier molecular flexibility index (Phi) is 7.20. The third-order valence-corrected chi connectivity index (χ3v) is 5.64. The molecule has 1 atom stereocenters. The minimum Gasteiger partial charge on any atom is -0.507 e. The van der Waals surface area contributed by atoms with Crippen LogP contribution >= 0.6 is 0 Å². The summed E-state index contributed by atoms with van der Waals surface area (Å²) in [6, 6.07) is 11.7. The fraction of sp³-hybridized carbons (Fsp3) is 0.360. The van der Waals surface area contributed by atoms with Gasteiger partial charge in [0.1, 0.15) is 17.3 Å². The van der Waals surface area contributed by atoms with Crippen LogP contribution in [-0.2, 0) is 9.59 Å². The quantitative estimate of drug-likeness (QED) is 0.387. The SMILES string of the molecule is COc1ccc([C@H]2C(=C(O)c3ccc(OC)c(C)c3)C(=O)C(=O)N2CCCN(C)C)cc1. The first-order chi connectivity index (χ1) is 15.3. The molecule has 0 bridgehead atoms. The van der Waals surface area contributed by atoms with Gasteiger partial charge in [0.05, 0.1) is 25.8 Å². The molecule has 1 fully saturated rings. The Labute approximate surface area is 188 Å². The molecule has 1 amide bonds. The van der Waals surface area contributed by atoms with Gasteiger partial charge in [-0.25, -0.2) is 0 Å². The molecule has 0 radical (unpaired) electrons. The van der Waals surface area contributed by atoms with Gasteiger partial charge in [0.15, 0.2) is 0 Å². The minimum absolute atomic E-state index is 0.0922. The molecular formula is C25H30N2O5. The van der Waals surface area contributed by atoms with Crippen LogP contribution in [0.25, 0.3) is 5.76 Å². The summed E-state index contributed by atoms with van der Waals surface area (Å²) in [5.41, 5.74) is 2.11. The Hall–Kier alpha value is -3.32. The number of ether oxygens (including phenoxy) is 2. The van der Waals surface area contributed by atoms with Crippen LogP contribution in [-0.4, -0.2) is 68.0 Å². The molecule has 1 aliphatic rings. The van der Waals surface area contributed by atoms with E-state index >= 15 is 0 Å². The Morgan fingerprint density at radius 3 is 2.31 bits per heavy atom. The number of aryl methyl sites for hydroxylation is 1. The molecule has 32 heavy (non-hydrogen) atoms. The molecule has 1 N–H and O–H groups in total. The van der Waals surface area contributed by atoms with Gasteiger partial charge >= 0.3 is 0 Å². The number of Topliss-reactive ketones (excluding diaryl/α,β-unsaturated/α-hetero) is 1. The van der Waals surface area contributed by atoms with Gasteiger partial charge in [-0.2, -0.15) is 0 Å². The zero-order valence-electron chi connectivity index (χ0n) is 19.2. The molecule has 0 aliphatic carbocycles. The molecule has 2 aromatic rings. The van der Waals surface area contributed by atoms with Crippen molar-refractivity contribution >= 4 is 17.4 Å². The first-order valence-corrected chi connectivity index (χ1v) is 10.5. The zero-order chi connectivity index (χ0) is 23.4. The van der Waals surface area contributed by atoms with E-state index in [9.17, 15) is 14.7 Å². The van der Waals surface area contributed by atoms with Crippen molar-refractivity contribution in [1.82, 2.24) is 9.80 Å². The van der Waals surface area contributed by atoms with Gasteiger partial charge in [-0.1, -0.05) is 12.1 Å². The van der Waals surface area contributed by atoms with E-state index < -0.39 is 17.7 Å². The number of hydrogen-bond donors (Lipinski definition) is 1. The predicted molar refractivity (Wildman–Crippen MR) is 123 cm³/mol. The number of benzene rings is 2. The summed E-state index contributed by atoms with van der Waals surface area (Å²) >= 11 is 0. The number of carbonyl (C=O) groups excluding carboxylic acids is 2. The number of likely N-dealkylation sites (tertiary alicyclic amines) is 1. The second-order valence-corrected chi connectivity index (χ2v) is 8.11. The molecule has 1 saturated heterocycles. The van der Waals surface area contributed by atoms with Crippen LogP contribution in [0.5, 0.6) is 11.5 Å². The number of methoxy groups -OCH3 is 2. The average molecular weight is 439 g/mol. The standard InChI is InChI=1S/C25H30N2O5/c1-16-15-18(9-12-20(16)32-5)23(28)21-22(17-7-10-19(31-4)11-8-17)27(25(30)24(21)29)14-6-13-26(2)3/h7-12,15,22,28H,6,13-14H2,1-5H3/t22-/m0/s1.